The van der Waals surface area contributed by atoms with E-state index in [9.17, 15) is 9.90 Å². The van der Waals surface area contributed by atoms with Crippen LogP contribution in [0, 0.1) is 5.92 Å². The van der Waals surface area contributed by atoms with E-state index in [1.807, 2.05) is 0 Å². The summed E-state index contributed by atoms with van der Waals surface area (Å²) in [6, 6.07) is 0. The highest BCUT2D eigenvalue weighted by Crippen LogP contribution is 2.23. The van der Waals surface area contributed by atoms with Gasteiger partial charge in [-0.15, -0.1) is 0 Å². The number of aliphatic hydroxyl groups excluding tert-OH is 1. The van der Waals surface area contributed by atoms with Gasteiger partial charge in [0.05, 0.1) is 6.10 Å². The average molecular weight is 215 g/mol. The van der Waals surface area contributed by atoms with Gasteiger partial charge in [0.25, 0.3) is 0 Å². The van der Waals surface area contributed by atoms with Crippen molar-refractivity contribution in [2.24, 2.45) is 5.92 Å². The molecule has 3 N–H and O–H groups in total. The molecule has 2 unspecified atom stereocenters. The number of hydrogen-bond acceptors (Lipinski definition) is 3. The maximum atomic E-state index is 10.2. The van der Waals surface area contributed by atoms with E-state index in [1.54, 1.807) is 0 Å². The third-order valence-electron chi connectivity index (χ3n) is 2.93. The molecular formula is C11H21NO3. The third kappa shape index (κ3) is 5.74. The fraction of sp³-hybridized carbons (Fsp3) is 0.909. The predicted molar refractivity (Wildman–Crippen MR) is 57.7 cm³/mol. The number of aliphatic carboxylic acids is 1. The van der Waals surface area contributed by atoms with Crippen LogP contribution in [-0.4, -0.2) is 35.4 Å². The number of carboxylic acid groups (broad SMARTS) is 1. The number of rotatable bonds is 6. The lowest BCUT2D eigenvalue weighted by Crippen LogP contribution is -2.29. The van der Waals surface area contributed by atoms with Crippen LogP contribution in [-0.2, 0) is 4.79 Å². The van der Waals surface area contributed by atoms with Gasteiger partial charge in [0.1, 0.15) is 0 Å². The smallest absolute Gasteiger partial charge is 0.303 e. The van der Waals surface area contributed by atoms with Crippen LogP contribution in [0.4, 0.5) is 0 Å². The SMILES string of the molecule is O=C(O)CCCNCC1CCCC(O)C1. The van der Waals surface area contributed by atoms with Crippen molar-refractivity contribution in [2.75, 3.05) is 13.1 Å². The van der Waals surface area contributed by atoms with Crippen molar-refractivity contribution < 1.29 is 15.0 Å². The van der Waals surface area contributed by atoms with Crippen molar-refractivity contribution >= 4 is 5.97 Å². The molecule has 88 valence electrons. The molecule has 1 saturated carbocycles. The molecule has 4 heteroatoms. The molecule has 0 aromatic rings. The Morgan fingerprint density at radius 2 is 2.20 bits per heavy atom. The van der Waals surface area contributed by atoms with Gasteiger partial charge in [-0.25, -0.2) is 0 Å². The number of nitrogens with one attached hydrogen (secondary N) is 1. The van der Waals surface area contributed by atoms with E-state index >= 15 is 0 Å². The van der Waals surface area contributed by atoms with E-state index in [-0.39, 0.29) is 12.5 Å². The van der Waals surface area contributed by atoms with Crippen LogP contribution in [0.5, 0.6) is 0 Å². The standard InChI is InChI=1S/C11H21NO3/c13-10-4-1-3-9(7-10)8-12-6-2-5-11(14)15/h9-10,12-13H,1-8H2,(H,14,15). The van der Waals surface area contributed by atoms with Crippen molar-refractivity contribution in [3.8, 4) is 0 Å². The van der Waals surface area contributed by atoms with Gasteiger partial charge in [-0.1, -0.05) is 6.42 Å². The molecule has 4 nitrogen and oxygen atoms in total. The fourth-order valence-corrected chi connectivity index (χ4v) is 2.12. The summed E-state index contributed by atoms with van der Waals surface area (Å²) in [6.07, 6.45) is 4.93. The second-order valence-electron chi connectivity index (χ2n) is 4.39. The van der Waals surface area contributed by atoms with Gasteiger partial charge in [0.2, 0.25) is 0 Å². The number of carbonyl (C=O) groups is 1. The van der Waals surface area contributed by atoms with Gasteiger partial charge in [-0.3, -0.25) is 4.79 Å². The van der Waals surface area contributed by atoms with Crippen LogP contribution in [0.2, 0.25) is 0 Å². The highest BCUT2D eigenvalue weighted by atomic mass is 16.4. The highest BCUT2D eigenvalue weighted by Gasteiger charge is 2.19. The van der Waals surface area contributed by atoms with Crippen molar-refractivity contribution in [3.63, 3.8) is 0 Å². The Labute approximate surface area is 90.7 Å². The molecule has 0 saturated heterocycles. The Balaban J connectivity index is 1.97. The van der Waals surface area contributed by atoms with E-state index in [4.69, 9.17) is 5.11 Å². The van der Waals surface area contributed by atoms with Gasteiger partial charge in [-0.2, -0.15) is 0 Å². The van der Waals surface area contributed by atoms with E-state index in [2.05, 4.69) is 5.32 Å². The Morgan fingerprint density at radius 1 is 1.40 bits per heavy atom. The molecule has 1 fully saturated rings. The normalized spacial score (nSPS) is 26.5. The Kier molecular flexibility index (Phi) is 5.65. The second-order valence-corrected chi connectivity index (χ2v) is 4.39. The minimum absolute atomic E-state index is 0.121. The number of hydrogen-bond donors (Lipinski definition) is 3. The molecule has 0 aromatic carbocycles. The van der Waals surface area contributed by atoms with E-state index in [0.29, 0.717) is 12.3 Å². The molecule has 1 aliphatic rings. The topological polar surface area (TPSA) is 69.6 Å². The average Bonchev–Trinajstić information content (AvgIpc) is 2.17. The van der Waals surface area contributed by atoms with Crippen molar-refractivity contribution in [3.05, 3.63) is 0 Å². The molecule has 1 rings (SSSR count). The van der Waals surface area contributed by atoms with Gasteiger partial charge in [0.15, 0.2) is 0 Å². The molecule has 0 radical (unpaired) electrons. The Bertz CT molecular complexity index is 196. The van der Waals surface area contributed by atoms with Crippen molar-refractivity contribution in [1.82, 2.24) is 5.32 Å². The zero-order chi connectivity index (χ0) is 11.1. The zero-order valence-corrected chi connectivity index (χ0v) is 9.11. The van der Waals surface area contributed by atoms with Crippen LogP contribution in [0.25, 0.3) is 0 Å². The predicted octanol–water partition coefficient (Wildman–Crippen LogP) is 0.992. The summed E-state index contributed by atoms with van der Waals surface area (Å²) in [5, 5.41) is 21.1. The molecule has 1 aliphatic carbocycles. The molecule has 0 heterocycles. The third-order valence-corrected chi connectivity index (χ3v) is 2.93. The van der Waals surface area contributed by atoms with E-state index < -0.39 is 5.97 Å². The summed E-state index contributed by atoms with van der Waals surface area (Å²) >= 11 is 0. The molecule has 2 atom stereocenters. The summed E-state index contributed by atoms with van der Waals surface area (Å²) in [4.78, 5) is 10.2. The Morgan fingerprint density at radius 3 is 2.87 bits per heavy atom. The molecular weight excluding hydrogens is 194 g/mol. The summed E-state index contributed by atoms with van der Waals surface area (Å²) in [6.45, 7) is 1.68. The molecule has 15 heavy (non-hydrogen) atoms. The maximum Gasteiger partial charge on any atom is 0.303 e. The maximum absolute atomic E-state index is 10.2. The summed E-state index contributed by atoms with van der Waals surface area (Å²) in [5.74, 6) is -0.163. The summed E-state index contributed by atoms with van der Waals surface area (Å²) in [5.41, 5.74) is 0. The van der Waals surface area contributed by atoms with Crippen LogP contribution in [0.15, 0.2) is 0 Å². The van der Waals surface area contributed by atoms with Gasteiger partial charge < -0.3 is 15.5 Å². The lowest BCUT2D eigenvalue weighted by molar-refractivity contribution is -0.137. The lowest BCUT2D eigenvalue weighted by Gasteiger charge is -2.25. The first-order chi connectivity index (χ1) is 7.18. The van der Waals surface area contributed by atoms with Crippen molar-refractivity contribution in [1.29, 1.82) is 0 Å². The summed E-state index contributed by atoms with van der Waals surface area (Å²) < 4.78 is 0. The fourth-order valence-electron chi connectivity index (χ4n) is 2.12. The molecule has 0 aliphatic heterocycles. The van der Waals surface area contributed by atoms with Gasteiger partial charge >= 0.3 is 5.97 Å². The van der Waals surface area contributed by atoms with E-state index in [0.717, 1.165) is 32.4 Å². The molecule has 0 bridgehead atoms. The minimum Gasteiger partial charge on any atom is -0.481 e. The first kappa shape index (κ1) is 12.5. The second kappa shape index (κ2) is 6.80. The van der Waals surface area contributed by atoms with Gasteiger partial charge in [-0.05, 0) is 44.7 Å². The van der Waals surface area contributed by atoms with Crippen LogP contribution in [0.1, 0.15) is 38.5 Å². The zero-order valence-electron chi connectivity index (χ0n) is 9.11. The molecule has 0 amide bonds. The minimum atomic E-state index is -0.732. The Hall–Kier alpha value is -0.610. The first-order valence-corrected chi connectivity index (χ1v) is 5.79. The van der Waals surface area contributed by atoms with Crippen LogP contribution >= 0.6 is 0 Å². The van der Waals surface area contributed by atoms with Crippen LogP contribution in [0.3, 0.4) is 0 Å². The quantitative estimate of drug-likeness (QED) is 0.578. The monoisotopic (exact) mass is 215 g/mol. The lowest BCUT2D eigenvalue weighted by atomic mass is 9.87. The molecule has 0 aromatic heterocycles. The largest absolute Gasteiger partial charge is 0.481 e. The summed E-state index contributed by atoms with van der Waals surface area (Å²) in [7, 11) is 0. The van der Waals surface area contributed by atoms with E-state index in [1.165, 1.54) is 6.42 Å². The van der Waals surface area contributed by atoms with Gasteiger partial charge in [0, 0.05) is 6.42 Å². The first-order valence-electron chi connectivity index (χ1n) is 5.79. The highest BCUT2D eigenvalue weighted by molar-refractivity contribution is 5.66. The van der Waals surface area contributed by atoms with Crippen LogP contribution < -0.4 is 5.32 Å². The van der Waals surface area contributed by atoms with Crippen molar-refractivity contribution in [2.45, 2.75) is 44.6 Å². The molecule has 0 spiro atoms. The number of carboxylic acids is 1. The number of aliphatic hydroxyl groups is 1.